The summed E-state index contributed by atoms with van der Waals surface area (Å²) in [5, 5.41) is 8.00. The van der Waals surface area contributed by atoms with Crippen molar-refractivity contribution in [2.75, 3.05) is 0 Å². The van der Waals surface area contributed by atoms with Gasteiger partial charge in [0.1, 0.15) is 6.54 Å². The van der Waals surface area contributed by atoms with Crippen molar-refractivity contribution in [3.63, 3.8) is 0 Å². The van der Waals surface area contributed by atoms with Crippen molar-refractivity contribution in [2.45, 2.75) is 20.0 Å². The maximum atomic E-state index is 12.8. The number of para-hydroxylation sites is 1. The Kier molecular flexibility index (Phi) is 5.14. The first kappa shape index (κ1) is 18.9. The number of aromatic nitrogens is 3. The Morgan fingerprint density at radius 1 is 1.17 bits per heavy atom. The van der Waals surface area contributed by atoms with Crippen LogP contribution in [0.1, 0.15) is 11.4 Å². The molecule has 4 rings (SSSR count). The van der Waals surface area contributed by atoms with Gasteiger partial charge in [0, 0.05) is 23.0 Å². The maximum absolute atomic E-state index is 12.8. The number of fused-ring (bicyclic) bond motifs is 1. The summed E-state index contributed by atoms with van der Waals surface area (Å²) >= 11 is 5.87. The van der Waals surface area contributed by atoms with E-state index in [9.17, 15) is 9.59 Å². The first-order valence-corrected chi connectivity index (χ1v) is 9.33. The molecule has 1 N–H and O–H groups in total. The Balaban J connectivity index is 1.62. The van der Waals surface area contributed by atoms with Crippen molar-refractivity contribution in [2.24, 2.45) is 0 Å². The van der Waals surface area contributed by atoms with Crippen molar-refractivity contribution >= 4 is 28.4 Å². The van der Waals surface area contributed by atoms with Gasteiger partial charge in [0.05, 0.1) is 11.1 Å². The van der Waals surface area contributed by atoms with Crippen LogP contribution in [0.4, 0.5) is 0 Å². The number of halogens is 1. The Bertz CT molecular complexity index is 1250. The third kappa shape index (κ3) is 4.05. The van der Waals surface area contributed by atoms with Gasteiger partial charge >= 0.3 is 0 Å². The van der Waals surface area contributed by atoms with E-state index in [0.29, 0.717) is 28.5 Å². The fraction of sp³-hybridized carbons (Fsp3) is 0.143. The highest BCUT2D eigenvalue weighted by Gasteiger charge is 2.16. The summed E-state index contributed by atoms with van der Waals surface area (Å²) in [5.41, 5.74) is 1.76. The number of hydrogen-bond donors (Lipinski definition) is 1. The van der Waals surface area contributed by atoms with Crippen molar-refractivity contribution < 1.29 is 9.32 Å². The number of carbonyl (C=O) groups is 1. The van der Waals surface area contributed by atoms with Gasteiger partial charge in [-0.05, 0) is 30.7 Å². The molecule has 0 aliphatic carbocycles. The first-order chi connectivity index (χ1) is 14.0. The monoisotopic (exact) mass is 408 g/mol. The number of carbonyl (C=O) groups excluding carboxylic acids is 1. The SMILES string of the molecule is Cc1noc(-c2cc(=O)n(CC(=O)NCc3ccc(Cl)cc3)c3ccccc23)n1. The lowest BCUT2D eigenvalue weighted by Crippen LogP contribution is -2.32. The summed E-state index contributed by atoms with van der Waals surface area (Å²) in [6.45, 7) is 1.96. The summed E-state index contributed by atoms with van der Waals surface area (Å²) in [4.78, 5) is 29.4. The number of aryl methyl sites for hydroxylation is 1. The van der Waals surface area contributed by atoms with E-state index < -0.39 is 0 Å². The van der Waals surface area contributed by atoms with Crippen LogP contribution >= 0.6 is 11.6 Å². The van der Waals surface area contributed by atoms with E-state index in [4.69, 9.17) is 16.1 Å². The van der Waals surface area contributed by atoms with Gasteiger partial charge < -0.3 is 9.84 Å². The summed E-state index contributed by atoms with van der Waals surface area (Å²) in [5.74, 6) is 0.485. The maximum Gasteiger partial charge on any atom is 0.258 e. The van der Waals surface area contributed by atoms with Gasteiger partial charge in [-0.1, -0.05) is 47.1 Å². The van der Waals surface area contributed by atoms with Crippen molar-refractivity contribution in [1.29, 1.82) is 0 Å². The van der Waals surface area contributed by atoms with Gasteiger partial charge in [-0.25, -0.2) is 0 Å². The van der Waals surface area contributed by atoms with Gasteiger partial charge in [0.25, 0.3) is 11.4 Å². The molecule has 0 atom stereocenters. The lowest BCUT2D eigenvalue weighted by atomic mass is 10.1. The number of hydrogen-bond acceptors (Lipinski definition) is 5. The molecule has 146 valence electrons. The number of amides is 1. The molecule has 2 aromatic carbocycles. The third-order valence-electron chi connectivity index (χ3n) is 4.48. The third-order valence-corrected chi connectivity index (χ3v) is 4.73. The Morgan fingerprint density at radius 2 is 1.93 bits per heavy atom. The number of pyridine rings is 1. The summed E-state index contributed by atoms with van der Waals surface area (Å²) in [6, 6.07) is 15.9. The van der Waals surface area contributed by atoms with Gasteiger partial charge in [-0.2, -0.15) is 4.98 Å². The molecule has 2 aromatic heterocycles. The zero-order valence-corrected chi connectivity index (χ0v) is 16.3. The molecule has 2 heterocycles. The highest BCUT2D eigenvalue weighted by Crippen LogP contribution is 2.25. The molecular weight excluding hydrogens is 392 g/mol. The molecule has 7 nitrogen and oxygen atoms in total. The predicted octanol–water partition coefficient (Wildman–Crippen LogP) is 3.33. The molecule has 0 saturated heterocycles. The molecule has 29 heavy (non-hydrogen) atoms. The average Bonchev–Trinajstić information content (AvgIpc) is 3.15. The van der Waals surface area contributed by atoms with Crippen LogP contribution in [0.5, 0.6) is 0 Å². The Hall–Kier alpha value is -3.45. The van der Waals surface area contributed by atoms with E-state index in [0.717, 1.165) is 10.9 Å². The number of rotatable bonds is 5. The van der Waals surface area contributed by atoms with Crippen LogP contribution in [0.25, 0.3) is 22.4 Å². The molecule has 4 aromatic rings. The quantitative estimate of drug-likeness (QED) is 0.547. The van der Waals surface area contributed by atoms with Gasteiger partial charge in [0.15, 0.2) is 5.82 Å². The molecule has 0 radical (unpaired) electrons. The second-order valence-corrected chi connectivity index (χ2v) is 6.99. The number of nitrogens with one attached hydrogen (secondary N) is 1. The molecule has 0 aliphatic rings. The van der Waals surface area contributed by atoms with Crippen molar-refractivity contribution in [3.05, 3.63) is 81.4 Å². The fourth-order valence-corrected chi connectivity index (χ4v) is 3.21. The van der Waals surface area contributed by atoms with Crippen LogP contribution in [0, 0.1) is 6.92 Å². The molecule has 0 saturated carbocycles. The normalized spacial score (nSPS) is 11.0. The number of nitrogens with zero attached hydrogens (tertiary/aromatic N) is 3. The summed E-state index contributed by atoms with van der Waals surface area (Å²) in [7, 11) is 0. The standard InChI is InChI=1S/C21H17ClN4O3/c1-13-24-21(29-25-13)17-10-20(28)26(18-5-3-2-4-16(17)18)12-19(27)23-11-14-6-8-15(22)9-7-14/h2-10H,11-12H2,1H3,(H,23,27). The second-order valence-electron chi connectivity index (χ2n) is 6.55. The van der Waals surface area contributed by atoms with Crippen LogP contribution in [0.15, 0.2) is 63.9 Å². The topological polar surface area (TPSA) is 90.0 Å². The predicted molar refractivity (Wildman–Crippen MR) is 110 cm³/mol. The van der Waals surface area contributed by atoms with Crippen molar-refractivity contribution in [3.8, 4) is 11.5 Å². The Morgan fingerprint density at radius 3 is 2.66 bits per heavy atom. The van der Waals surface area contributed by atoms with Crippen LogP contribution in [-0.2, 0) is 17.9 Å². The fourth-order valence-electron chi connectivity index (χ4n) is 3.08. The van der Waals surface area contributed by atoms with E-state index in [1.807, 2.05) is 30.3 Å². The lowest BCUT2D eigenvalue weighted by molar-refractivity contribution is -0.121. The molecule has 8 heteroatoms. The Labute approximate surface area is 170 Å². The summed E-state index contributed by atoms with van der Waals surface area (Å²) in [6.07, 6.45) is 0. The van der Waals surface area contributed by atoms with Crippen LogP contribution in [-0.4, -0.2) is 20.6 Å². The van der Waals surface area contributed by atoms with Gasteiger partial charge in [0.2, 0.25) is 5.91 Å². The van der Waals surface area contributed by atoms with Gasteiger partial charge in [-0.15, -0.1) is 0 Å². The second kappa shape index (κ2) is 7.89. The van der Waals surface area contributed by atoms with E-state index in [1.165, 1.54) is 10.6 Å². The van der Waals surface area contributed by atoms with Crippen LogP contribution in [0.3, 0.4) is 0 Å². The molecule has 0 unspecified atom stereocenters. The van der Waals surface area contributed by atoms with E-state index in [2.05, 4.69) is 15.5 Å². The van der Waals surface area contributed by atoms with Gasteiger partial charge in [-0.3, -0.25) is 14.2 Å². The van der Waals surface area contributed by atoms with Crippen LogP contribution < -0.4 is 10.9 Å². The largest absolute Gasteiger partial charge is 0.350 e. The summed E-state index contributed by atoms with van der Waals surface area (Å²) < 4.78 is 6.66. The molecular formula is C21H17ClN4O3. The average molecular weight is 409 g/mol. The molecule has 0 aliphatic heterocycles. The first-order valence-electron chi connectivity index (χ1n) is 8.95. The molecule has 0 bridgehead atoms. The smallest absolute Gasteiger partial charge is 0.258 e. The van der Waals surface area contributed by atoms with E-state index in [-0.39, 0.29) is 23.9 Å². The molecule has 0 spiro atoms. The lowest BCUT2D eigenvalue weighted by Gasteiger charge is -2.12. The minimum absolute atomic E-state index is 0.101. The highest BCUT2D eigenvalue weighted by atomic mass is 35.5. The number of benzene rings is 2. The molecule has 0 fully saturated rings. The molecule has 1 amide bonds. The highest BCUT2D eigenvalue weighted by molar-refractivity contribution is 6.30. The zero-order valence-electron chi connectivity index (χ0n) is 15.6. The van der Waals surface area contributed by atoms with Crippen LogP contribution in [0.2, 0.25) is 5.02 Å². The minimum atomic E-state index is -0.323. The van der Waals surface area contributed by atoms with E-state index >= 15 is 0 Å². The van der Waals surface area contributed by atoms with E-state index in [1.54, 1.807) is 25.1 Å². The zero-order chi connectivity index (χ0) is 20.4. The van der Waals surface area contributed by atoms with Crippen molar-refractivity contribution in [1.82, 2.24) is 20.0 Å². The minimum Gasteiger partial charge on any atom is -0.350 e.